The molecule has 0 amide bonds. The van der Waals surface area contributed by atoms with E-state index < -0.39 is 0 Å². The molecule has 1 saturated heterocycles. The number of aromatic nitrogens is 2. The molecule has 5 nitrogen and oxygen atoms in total. The second-order valence-corrected chi connectivity index (χ2v) is 4.84. The minimum atomic E-state index is -0.152. The van der Waals surface area contributed by atoms with Gasteiger partial charge in [0.05, 0.1) is 12.4 Å². The van der Waals surface area contributed by atoms with Gasteiger partial charge in [-0.05, 0) is 41.9 Å². The van der Waals surface area contributed by atoms with Crippen molar-refractivity contribution in [3.05, 3.63) is 20.3 Å². The Kier molecular flexibility index (Phi) is 3.57. The van der Waals surface area contributed by atoms with Crippen molar-refractivity contribution < 1.29 is 4.79 Å². The molecule has 2 heterocycles. The number of nitrogens with one attached hydrogen (secondary N) is 1. The third kappa shape index (κ3) is 2.11. The molecule has 1 aliphatic heterocycles. The van der Waals surface area contributed by atoms with Gasteiger partial charge in [0.25, 0.3) is 5.56 Å². The lowest BCUT2D eigenvalue weighted by atomic mass is 10.0. The predicted molar refractivity (Wildman–Crippen MR) is 68.6 cm³/mol. The van der Waals surface area contributed by atoms with Gasteiger partial charge in [0.15, 0.2) is 0 Å². The molecule has 1 aliphatic rings. The fourth-order valence-electron chi connectivity index (χ4n) is 1.94. The summed E-state index contributed by atoms with van der Waals surface area (Å²) in [5, 5.41) is 0. The van der Waals surface area contributed by atoms with E-state index in [2.05, 4.69) is 9.97 Å². The van der Waals surface area contributed by atoms with Crippen LogP contribution in [0, 0.1) is 3.57 Å². The van der Waals surface area contributed by atoms with Crippen molar-refractivity contribution in [1.29, 1.82) is 0 Å². The van der Waals surface area contributed by atoms with Crippen molar-refractivity contribution in [2.24, 2.45) is 0 Å². The molecule has 1 fully saturated rings. The van der Waals surface area contributed by atoms with Gasteiger partial charge in [-0.1, -0.05) is 0 Å². The lowest BCUT2D eigenvalue weighted by molar-refractivity contribution is -0.109. The smallest absolute Gasteiger partial charge is 0.266 e. The summed E-state index contributed by atoms with van der Waals surface area (Å²) in [6, 6.07) is -0.142. The molecule has 0 spiro atoms. The molecule has 0 aliphatic carbocycles. The van der Waals surface area contributed by atoms with Crippen LogP contribution in [0.1, 0.15) is 19.3 Å². The standard InChI is InChI=1S/C10H12IN3O2/c11-8-9(12-6-13-10(8)16)14-4-2-1-3-7(14)5-15/h5-7H,1-4H2,(H,12,13,16). The van der Waals surface area contributed by atoms with E-state index in [1.54, 1.807) is 0 Å². The zero-order chi connectivity index (χ0) is 11.5. The third-order valence-corrected chi connectivity index (χ3v) is 3.73. The van der Waals surface area contributed by atoms with Gasteiger partial charge in [0.1, 0.15) is 15.7 Å². The van der Waals surface area contributed by atoms with E-state index in [1.807, 2.05) is 27.5 Å². The molecule has 1 aromatic rings. The van der Waals surface area contributed by atoms with Crippen molar-refractivity contribution in [2.45, 2.75) is 25.3 Å². The SMILES string of the molecule is O=CC1CCCCN1c1nc[nH]c(=O)c1I. The summed E-state index contributed by atoms with van der Waals surface area (Å²) in [5.74, 6) is 0.626. The number of hydrogen-bond donors (Lipinski definition) is 1. The summed E-state index contributed by atoms with van der Waals surface area (Å²) < 4.78 is 0.550. The zero-order valence-electron chi connectivity index (χ0n) is 8.65. The fraction of sp³-hybridized carbons (Fsp3) is 0.500. The van der Waals surface area contributed by atoms with Crippen LogP contribution in [0.4, 0.5) is 5.82 Å². The molecular formula is C10H12IN3O2. The molecule has 0 radical (unpaired) electrons. The number of carbonyl (C=O) groups is 1. The molecule has 1 N–H and O–H groups in total. The maximum Gasteiger partial charge on any atom is 0.266 e. The molecule has 0 aromatic carbocycles. The van der Waals surface area contributed by atoms with Crippen LogP contribution in [0.5, 0.6) is 0 Å². The second kappa shape index (κ2) is 4.94. The Balaban J connectivity index is 2.38. The van der Waals surface area contributed by atoms with Gasteiger partial charge < -0.3 is 14.7 Å². The van der Waals surface area contributed by atoms with E-state index in [1.165, 1.54) is 6.33 Å². The van der Waals surface area contributed by atoms with Crippen molar-refractivity contribution in [2.75, 3.05) is 11.4 Å². The normalized spacial score (nSPS) is 20.8. The minimum Gasteiger partial charge on any atom is -0.346 e. The van der Waals surface area contributed by atoms with Gasteiger partial charge in [-0.2, -0.15) is 0 Å². The molecule has 1 unspecified atom stereocenters. The quantitative estimate of drug-likeness (QED) is 0.646. The highest BCUT2D eigenvalue weighted by atomic mass is 127. The summed E-state index contributed by atoms with van der Waals surface area (Å²) in [5.41, 5.74) is -0.152. The molecule has 1 aromatic heterocycles. The lowest BCUT2D eigenvalue weighted by Crippen LogP contribution is -2.42. The Morgan fingerprint density at radius 3 is 3.12 bits per heavy atom. The molecule has 86 valence electrons. The van der Waals surface area contributed by atoms with E-state index in [0.717, 1.165) is 32.1 Å². The molecule has 0 saturated carbocycles. The van der Waals surface area contributed by atoms with E-state index in [9.17, 15) is 9.59 Å². The number of carbonyl (C=O) groups excluding carboxylic acids is 1. The number of nitrogens with zero attached hydrogens (tertiary/aromatic N) is 2. The van der Waals surface area contributed by atoms with Crippen molar-refractivity contribution in [1.82, 2.24) is 9.97 Å². The Morgan fingerprint density at radius 2 is 2.38 bits per heavy atom. The first-order valence-corrected chi connectivity index (χ1v) is 6.27. The molecular weight excluding hydrogens is 321 g/mol. The van der Waals surface area contributed by atoms with E-state index in [0.29, 0.717) is 9.39 Å². The van der Waals surface area contributed by atoms with E-state index >= 15 is 0 Å². The summed E-state index contributed by atoms with van der Waals surface area (Å²) in [4.78, 5) is 31.1. The number of anilines is 1. The first-order valence-electron chi connectivity index (χ1n) is 5.19. The highest BCUT2D eigenvalue weighted by Gasteiger charge is 2.25. The largest absolute Gasteiger partial charge is 0.346 e. The lowest BCUT2D eigenvalue weighted by Gasteiger charge is -2.33. The molecule has 0 bridgehead atoms. The maximum absolute atomic E-state index is 11.5. The molecule has 1 atom stereocenters. The Morgan fingerprint density at radius 1 is 1.56 bits per heavy atom. The van der Waals surface area contributed by atoms with Gasteiger partial charge in [-0.3, -0.25) is 4.79 Å². The van der Waals surface area contributed by atoms with Crippen LogP contribution >= 0.6 is 22.6 Å². The molecule has 2 rings (SSSR count). The Labute approximate surface area is 106 Å². The Hall–Kier alpha value is -0.920. The van der Waals surface area contributed by atoms with Crippen LogP contribution in [-0.4, -0.2) is 28.8 Å². The molecule has 16 heavy (non-hydrogen) atoms. The second-order valence-electron chi connectivity index (χ2n) is 3.76. The van der Waals surface area contributed by atoms with Crippen molar-refractivity contribution >= 4 is 34.7 Å². The first kappa shape index (κ1) is 11.6. The van der Waals surface area contributed by atoms with Gasteiger partial charge in [-0.25, -0.2) is 4.98 Å². The van der Waals surface area contributed by atoms with Crippen molar-refractivity contribution in [3.8, 4) is 0 Å². The number of hydrogen-bond acceptors (Lipinski definition) is 4. The molecule has 6 heteroatoms. The van der Waals surface area contributed by atoms with Gasteiger partial charge in [-0.15, -0.1) is 0 Å². The third-order valence-electron chi connectivity index (χ3n) is 2.76. The van der Waals surface area contributed by atoms with E-state index in [4.69, 9.17) is 0 Å². The number of H-pyrrole nitrogens is 1. The summed E-state index contributed by atoms with van der Waals surface area (Å²) in [6.45, 7) is 0.788. The topological polar surface area (TPSA) is 66.1 Å². The number of aldehydes is 1. The number of halogens is 1. The number of aromatic amines is 1. The minimum absolute atomic E-state index is 0.142. The fourth-order valence-corrected chi connectivity index (χ4v) is 2.54. The van der Waals surface area contributed by atoms with E-state index in [-0.39, 0.29) is 11.6 Å². The van der Waals surface area contributed by atoms with Gasteiger partial charge >= 0.3 is 0 Å². The maximum atomic E-state index is 11.5. The predicted octanol–water partition coefficient (Wildman–Crippen LogP) is 0.932. The van der Waals surface area contributed by atoms with Gasteiger partial charge in [0.2, 0.25) is 0 Å². The zero-order valence-corrected chi connectivity index (χ0v) is 10.8. The van der Waals surface area contributed by atoms with Crippen LogP contribution in [-0.2, 0) is 4.79 Å². The summed E-state index contributed by atoms with van der Waals surface area (Å²) in [6.07, 6.45) is 5.26. The van der Waals surface area contributed by atoms with Crippen LogP contribution in [0.2, 0.25) is 0 Å². The van der Waals surface area contributed by atoms with Crippen LogP contribution in [0.25, 0.3) is 0 Å². The monoisotopic (exact) mass is 333 g/mol. The average Bonchev–Trinajstić information content (AvgIpc) is 2.33. The highest BCUT2D eigenvalue weighted by Crippen LogP contribution is 2.23. The van der Waals surface area contributed by atoms with Crippen LogP contribution < -0.4 is 10.5 Å². The summed E-state index contributed by atoms with van der Waals surface area (Å²) in [7, 11) is 0. The van der Waals surface area contributed by atoms with Crippen LogP contribution in [0.3, 0.4) is 0 Å². The first-order chi connectivity index (χ1) is 7.74. The number of rotatable bonds is 2. The number of piperidine rings is 1. The Bertz CT molecular complexity index is 446. The van der Waals surface area contributed by atoms with Crippen molar-refractivity contribution in [3.63, 3.8) is 0 Å². The average molecular weight is 333 g/mol. The summed E-state index contributed by atoms with van der Waals surface area (Å²) >= 11 is 1.97. The van der Waals surface area contributed by atoms with Gasteiger partial charge in [0, 0.05) is 6.54 Å². The van der Waals surface area contributed by atoms with Crippen LogP contribution in [0.15, 0.2) is 11.1 Å². The highest BCUT2D eigenvalue weighted by molar-refractivity contribution is 14.1.